The van der Waals surface area contributed by atoms with Gasteiger partial charge in [-0.2, -0.15) is 10.4 Å². The summed E-state index contributed by atoms with van der Waals surface area (Å²) in [6, 6.07) is 20.1. The number of nitrogens with zero attached hydrogens (tertiary/aromatic N) is 3. The van der Waals surface area contributed by atoms with Crippen LogP contribution in [0.4, 0.5) is 0 Å². The fourth-order valence-electron chi connectivity index (χ4n) is 4.23. The van der Waals surface area contributed by atoms with Gasteiger partial charge in [-0.15, -0.1) is 0 Å². The van der Waals surface area contributed by atoms with E-state index >= 15 is 0 Å². The molecule has 0 saturated carbocycles. The third-order valence-electron chi connectivity index (χ3n) is 6.00. The first-order chi connectivity index (χ1) is 14.8. The van der Waals surface area contributed by atoms with Crippen LogP contribution in [-0.2, 0) is 6.61 Å². The molecule has 0 radical (unpaired) electrons. The van der Waals surface area contributed by atoms with E-state index in [2.05, 4.69) is 32.0 Å². The number of aromatic nitrogens is 2. The van der Waals surface area contributed by atoms with Crippen LogP contribution in [0.5, 0.6) is 5.75 Å². The van der Waals surface area contributed by atoms with Gasteiger partial charge in [-0.25, -0.2) is 4.68 Å². The Balaban J connectivity index is 1.82. The number of Topliss-reactive ketones (excluding diaryl/α,β-unsaturated/α-hetero) is 1. The molecular weight excluding hydrogens is 386 g/mol. The van der Waals surface area contributed by atoms with Crippen molar-refractivity contribution in [3.63, 3.8) is 0 Å². The number of ketones is 1. The van der Waals surface area contributed by atoms with E-state index in [1.807, 2.05) is 56.3 Å². The van der Waals surface area contributed by atoms with Crippen LogP contribution in [0.2, 0.25) is 0 Å². The first kappa shape index (κ1) is 20.9. The summed E-state index contributed by atoms with van der Waals surface area (Å²) in [5.41, 5.74) is 3.39. The van der Waals surface area contributed by atoms with E-state index in [0.717, 1.165) is 5.69 Å². The standard InChI is InChI=1S/C26H27N3O2/c1-17(2)18-10-12-19(13-11-18)29-25-21(15-27)26(3,4)14-23(30)24(25)22(28-29)16-31-20-8-6-5-7-9-20/h5-13,17,21H,14,16H2,1-4H3. The molecule has 1 unspecified atom stereocenters. The molecule has 3 aromatic rings. The van der Waals surface area contributed by atoms with Gasteiger partial charge in [-0.3, -0.25) is 4.79 Å². The number of hydrogen-bond acceptors (Lipinski definition) is 4. The van der Waals surface area contributed by atoms with E-state index in [1.165, 1.54) is 5.56 Å². The molecule has 0 saturated heterocycles. The summed E-state index contributed by atoms with van der Waals surface area (Å²) in [5.74, 6) is 0.710. The maximum Gasteiger partial charge on any atom is 0.167 e. The lowest BCUT2D eigenvalue weighted by Gasteiger charge is -2.34. The molecule has 4 rings (SSSR count). The fourth-order valence-corrected chi connectivity index (χ4v) is 4.23. The van der Waals surface area contributed by atoms with Crippen LogP contribution in [0.15, 0.2) is 54.6 Å². The van der Waals surface area contributed by atoms with Crippen molar-refractivity contribution in [2.45, 2.75) is 52.6 Å². The number of fused-ring (bicyclic) bond motifs is 1. The zero-order valence-electron chi connectivity index (χ0n) is 18.4. The van der Waals surface area contributed by atoms with Crippen molar-refractivity contribution in [1.82, 2.24) is 9.78 Å². The third kappa shape index (κ3) is 3.86. The molecule has 2 aromatic carbocycles. The normalized spacial score (nSPS) is 17.3. The van der Waals surface area contributed by atoms with Crippen molar-refractivity contribution in [2.75, 3.05) is 0 Å². The van der Waals surface area contributed by atoms with Crippen LogP contribution < -0.4 is 4.74 Å². The summed E-state index contributed by atoms with van der Waals surface area (Å²) >= 11 is 0. The van der Waals surface area contributed by atoms with Gasteiger partial charge < -0.3 is 4.74 Å². The summed E-state index contributed by atoms with van der Waals surface area (Å²) in [6.07, 6.45) is 0.314. The van der Waals surface area contributed by atoms with Crippen LogP contribution >= 0.6 is 0 Å². The van der Waals surface area contributed by atoms with Crippen molar-refractivity contribution in [3.05, 3.63) is 77.1 Å². The topological polar surface area (TPSA) is 67.9 Å². The second-order valence-electron chi connectivity index (χ2n) is 9.12. The van der Waals surface area contributed by atoms with Gasteiger partial charge in [0.25, 0.3) is 0 Å². The third-order valence-corrected chi connectivity index (χ3v) is 6.00. The molecule has 1 aliphatic rings. The molecule has 5 heteroatoms. The molecule has 0 bridgehead atoms. The van der Waals surface area contributed by atoms with Crippen LogP contribution in [0.1, 0.15) is 73.3 Å². The minimum Gasteiger partial charge on any atom is -0.487 e. The van der Waals surface area contributed by atoms with Crippen LogP contribution in [0.25, 0.3) is 5.69 Å². The van der Waals surface area contributed by atoms with Gasteiger partial charge in [0.2, 0.25) is 0 Å². The van der Waals surface area contributed by atoms with Gasteiger partial charge in [0.1, 0.15) is 18.1 Å². The lowest BCUT2D eigenvalue weighted by molar-refractivity contribution is 0.0896. The van der Waals surface area contributed by atoms with E-state index in [1.54, 1.807) is 4.68 Å². The Labute approximate surface area is 183 Å². The highest BCUT2D eigenvalue weighted by molar-refractivity contribution is 6.00. The average molecular weight is 414 g/mol. The Morgan fingerprint density at radius 2 is 1.84 bits per heavy atom. The molecule has 0 N–H and O–H groups in total. The van der Waals surface area contributed by atoms with E-state index in [-0.39, 0.29) is 12.4 Å². The zero-order valence-corrected chi connectivity index (χ0v) is 18.4. The van der Waals surface area contributed by atoms with E-state index in [4.69, 9.17) is 9.84 Å². The highest BCUT2D eigenvalue weighted by atomic mass is 16.5. The predicted molar refractivity (Wildman–Crippen MR) is 120 cm³/mol. The molecule has 1 aliphatic carbocycles. The molecular formula is C26H27N3O2. The highest BCUT2D eigenvalue weighted by Crippen LogP contribution is 2.46. The number of rotatable bonds is 5. The number of nitriles is 1. The molecule has 0 aliphatic heterocycles. The minimum absolute atomic E-state index is 0.0169. The molecule has 1 aromatic heterocycles. The van der Waals surface area contributed by atoms with Gasteiger partial charge in [0, 0.05) is 6.42 Å². The van der Waals surface area contributed by atoms with E-state index in [9.17, 15) is 10.1 Å². The molecule has 1 heterocycles. The van der Waals surface area contributed by atoms with Crippen LogP contribution in [-0.4, -0.2) is 15.6 Å². The Morgan fingerprint density at radius 3 is 2.45 bits per heavy atom. The molecule has 31 heavy (non-hydrogen) atoms. The van der Waals surface area contributed by atoms with Gasteiger partial charge in [0.15, 0.2) is 5.78 Å². The largest absolute Gasteiger partial charge is 0.487 e. The summed E-state index contributed by atoms with van der Waals surface area (Å²) in [7, 11) is 0. The molecule has 0 amide bonds. The molecule has 1 atom stereocenters. The number of carbonyl (C=O) groups is 1. The monoisotopic (exact) mass is 413 g/mol. The van der Waals surface area contributed by atoms with Crippen molar-refractivity contribution in [3.8, 4) is 17.5 Å². The van der Waals surface area contributed by atoms with Gasteiger partial charge in [-0.05, 0) is 41.2 Å². The lowest BCUT2D eigenvalue weighted by Crippen LogP contribution is -2.32. The van der Waals surface area contributed by atoms with Crippen molar-refractivity contribution >= 4 is 5.78 Å². The number of para-hydroxylation sites is 1. The maximum atomic E-state index is 13.2. The molecule has 0 fully saturated rings. The van der Waals surface area contributed by atoms with Gasteiger partial charge >= 0.3 is 0 Å². The van der Waals surface area contributed by atoms with Crippen LogP contribution in [0.3, 0.4) is 0 Å². The summed E-state index contributed by atoms with van der Waals surface area (Å²) in [5, 5.41) is 14.8. The smallest absolute Gasteiger partial charge is 0.167 e. The fraction of sp³-hybridized carbons (Fsp3) is 0.346. The van der Waals surface area contributed by atoms with E-state index < -0.39 is 11.3 Å². The van der Waals surface area contributed by atoms with Crippen molar-refractivity contribution in [2.24, 2.45) is 5.41 Å². The summed E-state index contributed by atoms with van der Waals surface area (Å²) < 4.78 is 7.69. The van der Waals surface area contributed by atoms with E-state index in [0.29, 0.717) is 35.0 Å². The Hall–Kier alpha value is -3.39. The van der Waals surface area contributed by atoms with Gasteiger partial charge in [-0.1, -0.05) is 58.0 Å². The lowest BCUT2D eigenvalue weighted by atomic mass is 9.68. The number of benzene rings is 2. The molecule has 5 nitrogen and oxygen atoms in total. The SMILES string of the molecule is CC(C)c1ccc(-n2nc(COc3ccccc3)c3c2C(C#N)C(C)(C)CC3=O)cc1. The molecule has 158 valence electrons. The van der Waals surface area contributed by atoms with Crippen molar-refractivity contribution < 1.29 is 9.53 Å². The number of hydrogen-bond donors (Lipinski definition) is 0. The highest BCUT2D eigenvalue weighted by Gasteiger charge is 2.45. The second kappa shape index (κ2) is 8.03. The molecule has 0 spiro atoms. The minimum atomic E-state index is -0.466. The van der Waals surface area contributed by atoms with Gasteiger partial charge in [0.05, 0.1) is 28.9 Å². The number of carbonyl (C=O) groups excluding carboxylic acids is 1. The maximum absolute atomic E-state index is 13.2. The Morgan fingerprint density at radius 1 is 1.16 bits per heavy atom. The first-order valence-corrected chi connectivity index (χ1v) is 10.6. The summed E-state index contributed by atoms with van der Waals surface area (Å²) in [6.45, 7) is 8.42. The first-order valence-electron chi connectivity index (χ1n) is 10.6. The van der Waals surface area contributed by atoms with Crippen molar-refractivity contribution in [1.29, 1.82) is 5.26 Å². The quantitative estimate of drug-likeness (QED) is 0.530. The average Bonchev–Trinajstić information content (AvgIpc) is 3.12. The Bertz CT molecular complexity index is 1140. The second-order valence-corrected chi connectivity index (χ2v) is 9.12. The Kier molecular flexibility index (Phi) is 5.41. The van der Waals surface area contributed by atoms with Crippen LogP contribution in [0, 0.1) is 16.7 Å². The zero-order chi connectivity index (χ0) is 22.2. The summed E-state index contributed by atoms with van der Waals surface area (Å²) in [4.78, 5) is 13.2. The number of ether oxygens (including phenoxy) is 1. The predicted octanol–water partition coefficient (Wildman–Crippen LogP) is 5.79.